The summed E-state index contributed by atoms with van der Waals surface area (Å²) in [6.45, 7) is 4.95. The standard InChI is InChI=1S/C22H26N4O5S/c27-20(23-15-4-5-18-19(12-15)31-14-30-18)13-32-21-16-2-1-3-17(16)26(22(28)24-21)7-6-25-8-10-29-11-9-25/h4-5,12H,1-3,6-11,13-14H2,(H,23,27). The van der Waals surface area contributed by atoms with Gasteiger partial charge in [-0.2, -0.15) is 4.98 Å². The second-order valence-corrected chi connectivity index (χ2v) is 8.95. The number of hydrogen-bond donors (Lipinski definition) is 1. The summed E-state index contributed by atoms with van der Waals surface area (Å²) in [6.07, 6.45) is 2.79. The van der Waals surface area contributed by atoms with Crippen LogP contribution < -0.4 is 20.5 Å². The van der Waals surface area contributed by atoms with Gasteiger partial charge in [0, 0.05) is 49.2 Å². The number of ether oxygens (including phenoxy) is 3. The van der Waals surface area contributed by atoms with E-state index in [2.05, 4.69) is 15.2 Å². The quantitative estimate of drug-likeness (QED) is 0.493. The van der Waals surface area contributed by atoms with E-state index in [1.807, 2.05) is 4.57 Å². The van der Waals surface area contributed by atoms with E-state index in [4.69, 9.17) is 14.2 Å². The van der Waals surface area contributed by atoms with Crippen LogP contribution in [0.15, 0.2) is 28.0 Å². The number of aromatic nitrogens is 2. The highest BCUT2D eigenvalue weighted by Crippen LogP contribution is 2.34. The number of nitrogens with zero attached hydrogens (tertiary/aromatic N) is 3. The summed E-state index contributed by atoms with van der Waals surface area (Å²) in [4.78, 5) is 31.9. The maximum Gasteiger partial charge on any atom is 0.348 e. The first-order valence-electron chi connectivity index (χ1n) is 10.9. The smallest absolute Gasteiger partial charge is 0.348 e. The van der Waals surface area contributed by atoms with Crippen LogP contribution in [0.1, 0.15) is 17.7 Å². The molecule has 32 heavy (non-hydrogen) atoms. The molecule has 10 heteroatoms. The SMILES string of the molecule is O=C(CSc1nc(=O)n(CCN2CCOCC2)c2c1CCC2)Nc1ccc2c(c1)OCO2. The van der Waals surface area contributed by atoms with Crippen molar-refractivity contribution in [1.82, 2.24) is 14.5 Å². The highest BCUT2D eigenvalue weighted by molar-refractivity contribution is 8.00. The first kappa shape index (κ1) is 21.3. The average Bonchev–Trinajstić information content (AvgIpc) is 3.47. The lowest BCUT2D eigenvalue weighted by molar-refractivity contribution is -0.113. The van der Waals surface area contributed by atoms with Crippen molar-refractivity contribution in [2.75, 3.05) is 50.7 Å². The van der Waals surface area contributed by atoms with E-state index in [0.29, 0.717) is 28.8 Å². The number of rotatable bonds is 7. The number of thioether (sulfide) groups is 1. The van der Waals surface area contributed by atoms with Gasteiger partial charge in [0.2, 0.25) is 12.7 Å². The van der Waals surface area contributed by atoms with Gasteiger partial charge in [-0.25, -0.2) is 4.79 Å². The molecular formula is C22H26N4O5S. The lowest BCUT2D eigenvalue weighted by Gasteiger charge is -2.27. The van der Waals surface area contributed by atoms with Crippen LogP contribution >= 0.6 is 11.8 Å². The monoisotopic (exact) mass is 458 g/mol. The lowest BCUT2D eigenvalue weighted by atomic mass is 10.2. The summed E-state index contributed by atoms with van der Waals surface area (Å²) in [5.41, 5.74) is 2.62. The Morgan fingerprint density at radius 1 is 1.12 bits per heavy atom. The van der Waals surface area contributed by atoms with Crippen LogP contribution in [0.25, 0.3) is 0 Å². The molecule has 1 aromatic heterocycles. The third-order valence-electron chi connectivity index (χ3n) is 5.94. The predicted molar refractivity (Wildman–Crippen MR) is 120 cm³/mol. The van der Waals surface area contributed by atoms with E-state index < -0.39 is 0 Å². The van der Waals surface area contributed by atoms with Gasteiger partial charge in [-0.1, -0.05) is 11.8 Å². The van der Waals surface area contributed by atoms with Gasteiger partial charge in [0.1, 0.15) is 5.03 Å². The fraction of sp³-hybridized carbons (Fsp3) is 0.500. The van der Waals surface area contributed by atoms with Crippen LogP contribution in [0.4, 0.5) is 5.69 Å². The van der Waals surface area contributed by atoms with Crippen LogP contribution in [0.3, 0.4) is 0 Å². The number of fused-ring (bicyclic) bond motifs is 2. The van der Waals surface area contributed by atoms with Crippen molar-refractivity contribution in [3.63, 3.8) is 0 Å². The third kappa shape index (κ3) is 4.62. The van der Waals surface area contributed by atoms with Crippen molar-refractivity contribution in [3.05, 3.63) is 39.9 Å². The van der Waals surface area contributed by atoms with Crippen molar-refractivity contribution < 1.29 is 19.0 Å². The molecule has 1 saturated heterocycles. The molecule has 0 saturated carbocycles. The summed E-state index contributed by atoms with van der Waals surface area (Å²) in [5.74, 6) is 1.33. The Kier molecular flexibility index (Phi) is 6.33. The molecule has 2 aliphatic heterocycles. The number of benzene rings is 1. The molecule has 0 unspecified atom stereocenters. The van der Waals surface area contributed by atoms with E-state index in [-0.39, 0.29) is 24.1 Å². The minimum Gasteiger partial charge on any atom is -0.454 e. The molecule has 1 fully saturated rings. The number of nitrogens with one attached hydrogen (secondary N) is 1. The topological polar surface area (TPSA) is 94.9 Å². The Morgan fingerprint density at radius 2 is 1.97 bits per heavy atom. The minimum absolute atomic E-state index is 0.154. The fourth-order valence-corrected chi connectivity index (χ4v) is 5.18. The summed E-state index contributed by atoms with van der Waals surface area (Å²) >= 11 is 1.33. The zero-order chi connectivity index (χ0) is 21.9. The molecule has 5 rings (SSSR count). The Balaban J connectivity index is 1.23. The zero-order valence-corrected chi connectivity index (χ0v) is 18.6. The molecule has 1 aliphatic carbocycles. The first-order chi connectivity index (χ1) is 15.7. The van der Waals surface area contributed by atoms with E-state index >= 15 is 0 Å². The normalized spacial score (nSPS) is 17.4. The Hall–Kier alpha value is -2.56. The van der Waals surface area contributed by atoms with Crippen molar-refractivity contribution in [3.8, 4) is 11.5 Å². The molecule has 0 bridgehead atoms. The Morgan fingerprint density at radius 3 is 2.84 bits per heavy atom. The second kappa shape index (κ2) is 9.51. The van der Waals surface area contributed by atoms with Crippen LogP contribution in [-0.4, -0.2) is 65.8 Å². The Labute approximate surface area is 190 Å². The fourth-order valence-electron chi connectivity index (χ4n) is 4.31. The number of hydrogen-bond acceptors (Lipinski definition) is 8. The Bertz CT molecular complexity index is 1070. The van der Waals surface area contributed by atoms with E-state index in [0.717, 1.165) is 63.4 Å². The van der Waals surface area contributed by atoms with Crippen molar-refractivity contribution in [2.24, 2.45) is 0 Å². The van der Waals surface area contributed by atoms with Crippen LogP contribution in [0.2, 0.25) is 0 Å². The van der Waals surface area contributed by atoms with Crippen LogP contribution in [0.5, 0.6) is 11.5 Å². The number of carbonyl (C=O) groups excluding carboxylic acids is 1. The van der Waals surface area contributed by atoms with E-state index in [1.54, 1.807) is 18.2 Å². The maximum atomic E-state index is 12.8. The second-order valence-electron chi connectivity index (χ2n) is 7.99. The van der Waals surface area contributed by atoms with E-state index in [1.165, 1.54) is 11.8 Å². The summed E-state index contributed by atoms with van der Waals surface area (Å²) in [6, 6.07) is 5.30. The van der Waals surface area contributed by atoms with Crippen molar-refractivity contribution in [2.45, 2.75) is 30.8 Å². The molecule has 1 N–H and O–H groups in total. The lowest BCUT2D eigenvalue weighted by Crippen LogP contribution is -2.40. The summed E-state index contributed by atoms with van der Waals surface area (Å²) in [7, 11) is 0. The molecule has 0 atom stereocenters. The van der Waals surface area contributed by atoms with Crippen molar-refractivity contribution in [1.29, 1.82) is 0 Å². The number of carbonyl (C=O) groups is 1. The molecule has 1 amide bonds. The molecule has 0 radical (unpaired) electrons. The van der Waals surface area contributed by atoms with Crippen LogP contribution in [0, 0.1) is 0 Å². The first-order valence-corrected chi connectivity index (χ1v) is 11.9. The molecule has 3 heterocycles. The summed E-state index contributed by atoms with van der Waals surface area (Å²) < 4.78 is 17.9. The molecule has 1 aromatic carbocycles. The highest BCUT2D eigenvalue weighted by Gasteiger charge is 2.23. The third-order valence-corrected chi connectivity index (χ3v) is 6.96. The van der Waals surface area contributed by atoms with Gasteiger partial charge < -0.3 is 19.5 Å². The largest absolute Gasteiger partial charge is 0.454 e. The van der Waals surface area contributed by atoms with Crippen LogP contribution in [-0.2, 0) is 28.9 Å². The zero-order valence-electron chi connectivity index (χ0n) is 17.8. The molecule has 0 spiro atoms. The van der Waals surface area contributed by atoms with Gasteiger partial charge in [0.25, 0.3) is 0 Å². The molecular weight excluding hydrogens is 432 g/mol. The summed E-state index contributed by atoms with van der Waals surface area (Å²) in [5, 5.41) is 3.56. The van der Waals surface area contributed by atoms with Gasteiger partial charge in [0.15, 0.2) is 11.5 Å². The predicted octanol–water partition coefficient (Wildman–Crippen LogP) is 1.52. The number of morpholine rings is 1. The van der Waals surface area contributed by atoms with Gasteiger partial charge in [-0.3, -0.25) is 14.3 Å². The maximum absolute atomic E-state index is 12.8. The molecule has 170 valence electrons. The van der Waals surface area contributed by atoms with Gasteiger partial charge in [-0.05, 0) is 31.4 Å². The minimum atomic E-state index is -0.224. The van der Waals surface area contributed by atoms with Crippen molar-refractivity contribution >= 4 is 23.4 Å². The highest BCUT2D eigenvalue weighted by atomic mass is 32.2. The number of amides is 1. The molecule has 9 nitrogen and oxygen atoms in total. The number of anilines is 1. The average molecular weight is 459 g/mol. The van der Waals surface area contributed by atoms with Gasteiger partial charge >= 0.3 is 5.69 Å². The molecule has 2 aromatic rings. The van der Waals surface area contributed by atoms with E-state index in [9.17, 15) is 9.59 Å². The van der Waals surface area contributed by atoms with Gasteiger partial charge in [-0.15, -0.1) is 0 Å². The van der Waals surface area contributed by atoms with Gasteiger partial charge in [0.05, 0.1) is 19.0 Å². The molecule has 3 aliphatic rings.